The minimum Gasteiger partial charge on any atom is -0.508 e. The zero-order valence-corrected chi connectivity index (χ0v) is 9.43. The highest BCUT2D eigenvalue weighted by atomic mass is 79.9. The largest absolute Gasteiger partial charge is 0.508 e. The fraction of sp³-hybridized carbons (Fsp3) is 0. The van der Waals surface area contributed by atoms with Gasteiger partial charge in [-0.05, 0) is 12.1 Å². The number of carboxylic acid groups (broad SMARTS) is 1. The molecule has 0 saturated carbocycles. The van der Waals surface area contributed by atoms with Gasteiger partial charge in [-0.1, -0.05) is 12.1 Å². The third-order valence-corrected chi connectivity index (χ3v) is 2.25. The first-order valence-electron chi connectivity index (χ1n) is 4.27. The van der Waals surface area contributed by atoms with E-state index in [1.54, 1.807) is 12.1 Å². The van der Waals surface area contributed by atoms with Gasteiger partial charge in [-0.25, -0.2) is 9.78 Å². The van der Waals surface area contributed by atoms with E-state index in [-0.39, 0.29) is 22.0 Å². The Morgan fingerprint density at radius 3 is 2.81 bits per heavy atom. The number of aromatic hydroxyl groups is 1. The first-order chi connectivity index (χ1) is 7.58. The van der Waals surface area contributed by atoms with E-state index < -0.39 is 5.97 Å². The summed E-state index contributed by atoms with van der Waals surface area (Å²) in [5.41, 5.74) is 0.655. The number of carbonyl (C=O) groups is 1. The van der Waals surface area contributed by atoms with Crippen LogP contribution in [-0.4, -0.2) is 21.2 Å². The smallest absolute Gasteiger partial charge is 0.374 e. The van der Waals surface area contributed by atoms with Crippen LogP contribution in [0.15, 0.2) is 33.5 Å². The van der Waals surface area contributed by atoms with Crippen LogP contribution in [0.3, 0.4) is 0 Å². The highest BCUT2D eigenvalue weighted by Crippen LogP contribution is 2.28. The van der Waals surface area contributed by atoms with Crippen molar-refractivity contribution in [3.05, 3.63) is 34.8 Å². The van der Waals surface area contributed by atoms with Crippen molar-refractivity contribution in [2.24, 2.45) is 0 Å². The van der Waals surface area contributed by atoms with Gasteiger partial charge >= 0.3 is 5.97 Å². The van der Waals surface area contributed by atoms with Crippen molar-refractivity contribution in [1.82, 2.24) is 4.98 Å². The van der Waals surface area contributed by atoms with Gasteiger partial charge in [0.1, 0.15) is 11.4 Å². The highest BCUT2D eigenvalue weighted by molar-refractivity contribution is 9.10. The molecule has 5 nitrogen and oxygen atoms in total. The van der Waals surface area contributed by atoms with Crippen LogP contribution in [-0.2, 0) is 0 Å². The van der Waals surface area contributed by atoms with Crippen LogP contribution >= 0.6 is 15.9 Å². The topological polar surface area (TPSA) is 83.6 Å². The van der Waals surface area contributed by atoms with Crippen LogP contribution in [0.1, 0.15) is 10.6 Å². The zero-order valence-electron chi connectivity index (χ0n) is 7.85. The van der Waals surface area contributed by atoms with E-state index in [4.69, 9.17) is 9.52 Å². The maximum Gasteiger partial charge on any atom is 0.374 e. The van der Waals surface area contributed by atoms with Crippen molar-refractivity contribution in [3.8, 4) is 17.0 Å². The number of halogens is 1. The molecule has 2 N–H and O–H groups in total. The van der Waals surface area contributed by atoms with Crippen LogP contribution in [0.4, 0.5) is 0 Å². The van der Waals surface area contributed by atoms with Gasteiger partial charge in [0.25, 0.3) is 4.80 Å². The fourth-order valence-electron chi connectivity index (χ4n) is 1.29. The Hall–Kier alpha value is -1.82. The summed E-state index contributed by atoms with van der Waals surface area (Å²) >= 11 is 2.96. The third-order valence-electron chi connectivity index (χ3n) is 1.91. The lowest BCUT2D eigenvalue weighted by Gasteiger charge is -1.98. The minimum atomic E-state index is -1.21. The summed E-state index contributed by atoms with van der Waals surface area (Å²) in [5, 5.41) is 18.2. The highest BCUT2D eigenvalue weighted by Gasteiger charge is 2.20. The molecule has 0 fully saturated rings. The molecule has 0 atom stereocenters. The fourth-order valence-corrected chi connectivity index (χ4v) is 1.63. The summed E-state index contributed by atoms with van der Waals surface area (Å²) in [6, 6.07) is 6.13. The number of hydrogen-bond acceptors (Lipinski definition) is 4. The predicted molar refractivity (Wildman–Crippen MR) is 58.3 cm³/mol. The monoisotopic (exact) mass is 283 g/mol. The van der Waals surface area contributed by atoms with Crippen molar-refractivity contribution in [2.45, 2.75) is 0 Å². The average molecular weight is 284 g/mol. The van der Waals surface area contributed by atoms with Gasteiger partial charge < -0.3 is 14.6 Å². The zero-order chi connectivity index (χ0) is 11.7. The molecular weight excluding hydrogens is 278 g/mol. The quantitative estimate of drug-likeness (QED) is 0.885. The molecule has 1 heterocycles. The molecule has 0 spiro atoms. The van der Waals surface area contributed by atoms with Crippen LogP contribution < -0.4 is 0 Å². The molecule has 2 aromatic rings. The molecule has 0 saturated heterocycles. The SMILES string of the molecule is O=C(O)c1oc(Br)nc1-c1cccc(O)c1. The first kappa shape index (κ1) is 10.7. The Kier molecular flexibility index (Phi) is 2.66. The maximum absolute atomic E-state index is 10.9. The number of carboxylic acids is 1. The molecule has 0 aliphatic rings. The Morgan fingerprint density at radius 2 is 2.19 bits per heavy atom. The van der Waals surface area contributed by atoms with Gasteiger partial charge in [0, 0.05) is 21.5 Å². The number of benzene rings is 1. The number of nitrogens with zero attached hydrogens (tertiary/aromatic N) is 1. The maximum atomic E-state index is 10.9. The second-order valence-corrected chi connectivity index (χ2v) is 3.68. The van der Waals surface area contributed by atoms with E-state index >= 15 is 0 Å². The summed E-state index contributed by atoms with van der Waals surface area (Å²) in [6.45, 7) is 0. The Morgan fingerprint density at radius 1 is 1.44 bits per heavy atom. The summed E-state index contributed by atoms with van der Waals surface area (Å²) < 4.78 is 4.89. The van der Waals surface area contributed by atoms with E-state index in [1.165, 1.54) is 12.1 Å². The van der Waals surface area contributed by atoms with E-state index in [1.807, 2.05) is 0 Å². The van der Waals surface area contributed by atoms with Crippen molar-refractivity contribution < 1.29 is 19.4 Å². The molecule has 1 aromatic heterocycles. The number of aromatic carboxylic acids is 1. The number of aromatic nitrogens is 1. The molecule has 0 aliphatic heterocycles. The van der Waals surface area contributed by atoms with Gasteiger partial charge in [0.2, 0.25) is 5.76 Å². The Bertz CT molecular complexity index is 550. The lowest BCUT2D eigenvalue weighted by molar-refractivity contribution is 0.0662. The van der Waals surface area contributed by atoms with Crippen LogP contribution in [0, 0.1) is 0 Å². The van der Waals surface area contributed by atoms with Gasteiger partial charge in [-0.15, -0.1) is 0 Å². The molecule has 82 valence electrons. The molecule has 1 aromatic carbocycles. The van der Waals surface area contributed by atoms with Gasteiger partial charge in [0.15, 0.2) is 0 Å². The Labute approximate surface area is 98.5 Å². The van der Waals surface area contributed by atoms with E-state index in [0.717, 1.165) is 0 Å². The average Bonchev–Trinajstić information content (AvgIpc) is 2.60. The van der Waals surface area contributed by atoms with Crippen LogP contribution in [0.2, 0.25) is 0 Å². The first-order valence-corrected chi connectivity index (χ1v) is 5.06. The lowest BCUT2D eigenvalue weighted by Crippen LogP contribution is -1.96. The normalized spacial score (nSPS) is 10.3. The van der Waals surface area contributed by atoms with E-state index in [2.05, 4.69) is 20.9 Å². The molecule has 2 rings (SSSR count). The summed E-state index contributed by atoms with van der Waals surface area (Å²) in [7, 11) is 0. The number of rotatable bonds is 2. The summed E-state index contributed by atoms with van der Waals surface area (Å²) in [4.78, 5) is 14.9. The molecule has 0 aliphatic carbocycles. The number of oxazole rings is 1. The third kappa shape index (κ3) is 1.92. The van der Waals surface area contributed by atoms with Crippen molar-refractivity contribution in [1.29, 1.82) is 0 Å². The second-order valence-electron chi connectivity index (χ2n) is 3.00. The summed E-state index contributed by atoms with van der Waals surface area (Å²) in [5.74, 6) is -1.44. The number of hydrogen-bond donors (Lipinski definition) is 2. The number of phenolic OH excluding ortho intramolecular Hbond substituents is 1. The van der Waals surface area contributed by atoms with Crippen LogP contribution in [0.25, 0.3) is 11.3 Å². The molecule has 6 heteroatoms. The van der Waals surface area contributed by atoms with Crippen molar-refractivity contribution >= 4 is 21.9 Å². The molecule has 16 heavy (non-hydrogen) atoms. The standard InChI is InChI=1S/C10H6BrNO4/c11-10-12-7(8(16-10)9(14)15)5-2-1-3-6(13)4-5/h1-4,13H,(H,14,15). The second kappa shape index (κ2) is 3.97. The lowest BCUT2D eigenvalue weighted by atomic mass is 10.1. The summed E-state index contributed by atoms with van der Waals surface area (Å²) in [6.07, 6.45) is 0. The van der Waals surface area contributed by atoms with Gasteiger partial charge in [0.05, 0.1) is 0 Å². The molecular formula is C10H6BrNO4. The van der Waals surface area contributed by atoms with E-state index in [0.29, 0.717) is 5.56 Å². The van der Waals surface area contributed by atoms with Gasteiger partial charge in [-0.3, -0.25) is 0 Å². The number of phenols is 1. The van der Waals surface area contributed by atoms with E-state index in [9.17, 15) is 9.90 Å². The molecule has 0 unspecified atom stereocenters. The predicted octanol–water partition coefficient (Wildman–Crippen LogP) is 2.51. The van der Waals surface area contributed by atoms with Gasteiger partial charge in [-0.2, -0.15) is 0 Å². The molecule has 0 radical (unpaired) electrons. The van der Waals surface area contributed by atoms with Crippen molar-refractivity contribution in [2.75, 3.05) is 0 Å². The minimum absolute atomic E-state index is 0.0351. The van der Waals surface area contributed by atoms with Crippen LogP contribution in [0.5, 0.6) is 5.75 Å². The van der Waals surface area contributed by atoms with Crippen molar-refractivity contribution in [3.63, 3.8) is 0 Å². The molecule has 0 bridgehead atoms. The Balaban J connectivity index is 2.59. The molecule has 0 amide bonds.